The van der Waals surface area contributed by atoms with Crippen LogP contribution in [0.4, 0.5) is 5.69 Å². The number of carbonyl (C=O) groups excluding carboxylic acids is 3. The average Bonchev–Trinajstić information content (AvgIpc) is 2.98. The fourth-order valence-corrected chi connectivity index (χ4v) is 4.08. The number of fused-ring (bicyclic) bond motifs is 2. The lowest BCUT2D eigenvalue weighted by atomic mass is 9.68. The Labute approximate surface area is 185 Å². The van der Waals surface area contributed by atoms with Gasteiger partial charge in [0.2, 0.25) is 11.8 Å². The second-order valence-corrected chi connectivity index (χ2v) is 6.93. The Morgan fingerprint density at radius 2 is 1.97 bits per heavy atom. The molecular weight excluding hydrogens is 414 g/mol. The first-order valence-corrected chi connectivity index (χ1v) is 10.0. The number of para-hydroxylation sites is 1. The van der Waals surface area contributed by atoms with E-state index in [0.717, 1.165) is 0 Å². The molecule has 9 heteroatoms. The Balaban J connectivity index is 2.40. The number of nitriles is 1. The molecule has 32 heavy (non-hydrogen) atoms. The van der Waals surface area contributed by atoms with Crippen LogP contribution in [0.15, 0.2) is 59.7 Å². The summed E-state index contributed by atoms with van der Waals surface area (Å²) in [6.45, 7) is 7.16. The van der Waals surface area contributed by atoms with Gasteiger partial charge in [0, 0.05) is 17.8 Å². The third-order valence-electron chi connectivity index (χ3n) is 5.19. The fourth-order valence-electron chi connectivity index (χ4n) is 4.08. The summed E-state index contributed by atoms with van der Waals surface area (Å²) in [4.78, 5) is 40.8. The van der Waals surface area contributed by atoms with Gasteiger partial charge in [0.1, 0.15) is 29.4 Å². The van der Waals surface area contributed by atoms with Crippen LogP contribution in [0.1, 0.15) is 25.8 Å². The molecule has 0 bridgehead atoms. The minimum atomic E-state index is -1.93. The Bertz CT molecular complexity index is 1100. The maximum Gasteiger partial charge on any atom is 0.339 e. The monoisotopic (exact) mass is 437 g/mol. The van der Waals surface area contributed by atoms with Crippen molar-refractivity contribution in [3.8, 4) is 6.07 Å². The number of carbonyl (C=O) groups is 3. The van der Waals surface area contributed by atoms with Crippen LogP contribution in [0.2, 0.25) is 0 Å². The molecule has 1 atom stereocenters. The minimum Gasteiger partial charge on any atom is -0.466 e. The Morgan fingerprint density at radius 1 is 1.28 bits per heavy atom. The molecule has 1 unspecified atom stereocenters. The molecule has 0 saturated carbocycles. The van der Waals surface area contributed by atoms with Crippen molar-refractivity contribution in [1.29, 1.82) is 5.26 Å². The normalized spacial score (nSPS) is 19.4. The van der Waals surface area contributed by atoms with Gasteiger partial charge >= 0.3 is 11.9 Å². The first kappa shape index (κ1) is 22.6. The van der Waals surface area contributed by atoms with Gasteiger partial charge < -0.3 is 24.8 Å². The van der Waals surface area contributed by atoms with E-state index in [-0.39, 0.29) is 42.5 Å². The Hall–Kier alpha value is -4.06. The van der Waals surface area contributed by atoms with Gasteiger partial charge in [0.25, 0.3) is 0 Å². The zero-order valence-corrected chi connectivity index (χ0v) is 17.8. The van der Waals surface area contributed by atoms with Crippen molar-refractivity contribution in [3.63, 3.8) is 0 Å². The predicted octanol–water partition coefficient (Wildman–Crippen LogP) is 1.95. The summed E-state index contributed by atoms with van der Waals surface area (Å²) >= 11 is 0. The predicted molar refractivity (Wildman–Crippen MR) is 113 cm³/mol. The maximum absolute atomic E-state index is 13.9. The molecule has 1 aromatic rings. The highest BCUT2D eigenvalue weighted by molar-refractivity contribution is 6.18. The molecule has 2 aliphatic heterocycles. The van der Waals surface area contributed by atoms with Gasteiger partial charge in [-0.25, -0.2) is 4.79 Å². The summed E-state index contributed by atoms with van der Waals surface area (Å²) in [6.07, 6.45) is 1.06. The lowest BCUT2D eigenvalue weighted by Gasteiger charge is -2.35. The van der Waals surface area contributed by atoms with Crippen molar-refractivity contribution in [1.82, 2.24) is 0 Å². The smallest absolute Gasteiger partial charge is 0.339 e. The van der Waals surface area contributed by atoms with Crippen molar-refractivity contribution in [2.24, 2.45) is 5.73 Å². The van der Waals surface area contributed by atoms with Crippen molar-refractivity contribution in [3.05, 3.63) is 65.3 Å². The third kappa shape index (κ3) is 3.30. The van der Waals surface area contributed by atoms with Crippen LogP contribution in [0, 0.1) is 11.3 Å². The summed E-state index contributed by atoms with van der Waals surface area (Å²) in [5.74, 6) is -2.73. The Morgan fingerprint density at radius 3 is 2.59 bits per heavy atom. The summed E-state index contributed by atoms with van der Waals surface area (Å²) in [6, 6.07) is 8.68. The molecule has 0 aromatic heterocycles. The number of ether oxygens (including phenoxy) is 3. The average molecular weight is 437 g/mol. The molecule has 2 N–H and O–H groups in total. The summed E-state index contributed by atoms with van der Waals surface area (Å²) in [7, 11) is 0. The van der Waals surface area contributed by atoms with Gasteiger partial charge in [-0.2, -0.15) is 5.26 Å². The van der Waals surface area contributed by atoms with Crippen LogP contribution in [-0.4, -0.2) is 37.6 Å². The fraction of sp³-hybridized carbons (Fsp3) is 0.304. The summed E-state index contributed by atoms with van der Waals surface area (Å²) < 4.78 is 15.8. The van der Waals surface area contributed by atoms with E-state index in [9.17, 15) is 19.6 Å². The van der Waals surface area contributed by atoms with Crippen LogP contribution < -0.4 is 10.6 Å². The summed E-state index contributed by atoms with van der Waals surface area (Å²) in [5.41, 5.74) is 4.47. The lowest BCUT2D eigenvalue weighted by molar-refractivity contribution is -0.143. The second kappa shape index (κ2) is 8.98. The van der Waals surface area contributed by atoms with Gasteiger partial charge in [0.05, 0.1) is 13.2 Å². The number of hydrogen-bond acceptors (Lipinski definition) is 8. The zero-order valence-electron chi connectivity index (χ0n) is 17.8. The molecule has 1 amide bonds. The largest absolute Gasteiger partial charge is 0.466 e. The van der Waals surface area contributed by atoms with Crippen LogP contribution in [-0.2, 0) is 34.0 Å². The van der Waals surface area contributed by atoms with Crippen LogP contribution >= 0.6 is 0 Å². The molecule has 3 rings (SSSR count). The van der Waals surface area contributed by atoms with Crippen LogP contribution in [0.5, 0.6) is 0 Å². The Kier molecular flexibility index (Phi) is 6.35. The molecule has 0 fully saturated rings. The first-order valence-electron chi connectivity index (χ1n) is 10.0. The van der Waals surface area contributed by atoms with E-state index in [1.807, 2.05) is 6.07 Å². The highest BCUT2D eigenvalue weighted by atomic mass is 16.5. The lowest BCUT2D eigenvalue weighted by Crippen LogP contribution is -2.49. The highest BCUT2D eigenvalue weighted by Crippen LogP contribution is 2.54. The molecule has 1 aromatic carbocycles. The zero-order chi connectivity index (χ0) is 23.5. The first-order chi connectivity index (χ1) is 15.4. The van der Waals surface area contributed by atoms with Gasteiger partial charge in [-0.1, -0.05) is 24.3 Å². The molecular formula is C23H23N3O6. The quantitative estimate of drug-likeness (QED) is 0.506. The molecule has 0 radical (unpaired) electrons. The molecule has 0 aliphatic carbocycles. The molecule has 0 saturated heterocycles. The highest BCUT2D eigenvalue weighted by Gasteiger charge is 2.62. The maximum atomic E-state index is 13.9. The number of rotatable bonds is 7. The van der Waals surface area contributed by atoms with E-state index in [0.29, 0.717) is 11.3 Å². The van der Waals surface area contributed by atoms with Gasteiger partial charge in [-0.3, -0.25) is 9.59 Å². The van der Waals surface area contributed by atoms with Crippen molar-refractivity contribution in [2.75, 3.05) is 24.7 Å². The topological polar surface area (TPSA) is 132 Å². The standard InChI is InChI=1S/C23H23N3O6/c1-4-11-26-16-10-8-7-9-14(16)23(22(26)29)15(13-24)20(25)32-17(12-18(27)30-5-2)19(23)21(28)31-6-3/h4,7-10H,1,5-6,11-12,25H2,2-3H3. The summed E-state index contributed by atoms with van der Waals surface area (Å²) in [5, 5.41) is 10.0. The van der Waals surface area contributed by atoms with Crippen molar-refractivity contribution in [2.45, 2.75) is 25.7 Å². The molecule has 1 spiro atoms. The van der Waals surface area contributed by atoms with Gasteiger partial charge in [-0.05, 0) is 19.9 Å². The number of hydrogen-bond donors (Lipinski definition) is 1. The SMILES string of the molecule is C=CCN1C(=O)C2(C(C#N)=C(N)OC(CC(=O)OCC)=C2C(=O)OCC)c2ccccc21. The number of nitrogens with two attached hydrogens (primary N) is 1. The number of amides is 1. The molecule has 2 aliphatic rings. The van der Waals surface area contributed by atoms with Gasteiger partial charge in [0.15, 0.2) is 5.41 Å². The van der Waals surface area contributed by atoms with Crippen LogP contribution in [0.3, 0.4) is 0 Å². The van der Waals surface area contributed by atoms with E-state index in [2.05, 4.69) is 6.58 Å². The number of benzene rings is 1. The van der Waals surface area contributed by atoms with E-state index in [1.165, 1.54) is 11.0 Å². The third-order valence-corrected chi connectivity index (χ3v) is 5.19. The van der Waals surface area contributed by atoms with E-state index in [1.54, 1.807) is 38.1 Å². The molecule has 9 nitrogen and oxygen atoms in total. The van der Waals surface area contributed by atoms with E-state index >= 15 is 0 Å². The van der Waals surface area contributed by atoms with Crippen molar-refractivity contribution < 1.29 is 28.6 Å². The van der Waals surface area contributed by atoms with E-state index < -0.39 is 29.7 Å². The minimum absolute atomic E-state index is 0.00159. The number of nitrogens with zero attached hydrogens (tertiary/aromatic N) is 2. The van der Waals surface area contributed by atoms with E-state index in [4.69, 9.17) is 19.9 Å². The second-order valence-electron chi connectivity index (χ2n) is 6.93. The molecule has 166 valence electrons. The van der Waals surface area contributed by atoms with Crippen LogP contribution in [0.25, 0.3) is 0 Å². The number of esters is 2. The van der Waals surface area contributed by atoms with Crippen molar-refractivity contribution >= 4 is 23.5 Å². The van der Waals surface area contributed by atoms with Gasteiger partial charge in [-0.15, -0.1) is 6.58 Å². The molecule has 2 heterocycles. The number of anilines is 1.